The number of rotatable bonds is 4. The predicted molar refractivity (Wildman–Crippen MR) is 71.7 cm³/mol. The lowest BCUT2D eigenvalue weighted by molar-refractivity contribution is -0.129. The minimum absolute atomic E-state index is 0.126. The summed E-state index contributed by atoms with van der Waals surface area (Å²) in [5, 5.41) is 11.9. The van der Waals surface area contributed by atoms with Crippen LogP contribution in [0, 0.1) is 5.92 Å². The van der Waals surface area contributed by atoms with E-state index in [9.17, 15) is 13.6 Å². The molecule has 1 fully saturated rings. The molecule has 1 aliphatic rings. The van der Waals surface area contributed by atoms with Crippen LogP contribution >= 0.6 is 0 Å². The van der Waals surface area contributed by atoms with Crippen LogP contribution in [0.2, 0.25) is 0 Å². The molecule has 0 heterocycles. The summed E-state index contributed by atoms with van der Waals surface area (Å²) in [5.74, 6) is -2.79. The molecule has 2 N–H and O–H groups in total. The van der Waals surface area contributed by atoms with E-state index in [0.29, 0.717) is 13.0 Å². The standard InChI is InChI=1S/C15H19F2NO2/c16-15(17)8-5-12(6-9-15)14(20)18-10-7-11-1-3-13(19)4-2-11/h1-4,12,19H,5-10H2,(H,18,20). The maximum Gasteiger partial charge on any atom is 0.248 e. The zero-order valence-electron chi connectivity index (χ0n) is 11.2. The van der Waals surface area contributed by atoms with Crippen LogP contribution in [0.5, 0.6) is 5.75 Å². The van der Waals surface area contributed by atoms with Gasteiger partial charge in [0.05, 0.1) is 0 Å². The lowest BCUT2D eigenvalue weighted by atomic mass is 9.86. The van der Waals surface area contributed by atoms with Gasteiger partial charge in [-0.3, -0.25) is 4.79 Å². The van der Waals surface area contributed by atoms with Crippen LogP contribution < -0.4 is 5.32 Å². The minimum atomic E-state index is -2.59. The molecule has 0 spiro atoms. The van der Waals surface area contributed by atoms with Crippen LogP contribution in [-0.4, -0.2) is 23.5 Å². The second kappa shape index (κ2) is 6.20. The van der Waals surface area contributed by atoms with Gasteiger partial charge < -0.3 is 10.4 Å². The van der Waals surface area contributed by atoms with Crippen molar-refractivity contribution < 1.29 is 18.7 Å². The van der Waals surface area contributed by atoms with Gasteiger partial charge in [-0.1, -0.05) is 12.1 Å². The van der Waals surface area contributed by atoms with Gasteiger partial charge in [0, 0.05) is 25.3 Å². The summed E-state index contributed by atoms with van der Waals surface area (Å²) < 4.78 is 26.0. The summed E-state index contributed by atoms with van der Waals surface area (Å²) in [6.45, 7) is 0.483. The average molecular weight is 283 g/mol. The van der Waals surface area contributed by atoms with Gasteiger partial charge in [-0.25, -0.2) is 8.78 Å². The number of amides is 1. The van der Waals surface area contributed by atoms with E-state index in [1.807, 2.05) is 0 Å². The third kappa shape index (κ3) is 4.18. The molecular weight excluding hydrogens is 264 g/mol. The Hall–Kier alpha value is -1.65. The van der Waals surface area contributed by atoms with Gasteiger partial charge in [-0.05, 0) is 37.0 Å². The van der Waals surface area contributed by atoms with E-state index in [-0.39, 0.29) is 43.3 Å². The second-order valence-corrected chi connectivity index (χ2v) is 5.34. The third-order valence-corrected chi connectivity index (χ3v) is 3.74. The van der Waals surface area contributed by atoms with Crippen molar-refractivity contribution in [3.63, 3.8) is 0 Å². The van der Waals surface area contributed by atoms with Gasteiger partial charge in [-0.2, -0.15) is 0 Å². The third-order valence-electron chi connectivity index (χ3n) is 3.74. The Bertz CT molecular complexity index is 449. The highest BCUT2D eigenvalue weighted by molar-refractivity contribution is 5.78. The monoisotopic (exact) mass is 283 g/mol. The lowest BCUT2D eigenvalue weighted by Gasteiger charge is -2.27. The Kier molecular flexibility index (Phi) is 4.57. The van der Waals surface area contributed by atoms with Crippen molar-refractivity contribution in [3.05, 3.63) is 29.8 Å². The summed E-state index contributed by atoms with van der Waals surface area (Å²) >= 11 is 0. The predicted octanol–water partition coefficient (Wildman–Crippen LogP) is 2.88. The first-order valence-corrected chi connectivity index (χ1v) is 6.90. The first-order chi connectivity index (χ1) is 9.46. The fraction of sp³-hybridized carbons (Fsp3) is 0.533. The van der Waals surface area contributed by atoms with Crippen molar-refractivity contribution in [2.45, 2.75) is 38.0 Å². The van der Waals surface area contributed by atoms with Crippen LogP contribution in [0.4, 0.5) is 8.78 Å². The largest absolute Gasteiger partial charge is 0.508 e. The Labute approximate surface area is 117 Å². The Morgan fingerprint density at radius 2 is 1.85 bits per heavy atom. The highest BCUT2D eigenvalue weighted by Crippen LogP contribution is 2.36. The summed E-state index contributed by atoms with van der Waals surface area (Å²) in [6.07, 6.45) is 0.803. The number of halogens is 2. The quantitative estimate of drug-likeness (QED) is 0.892. The lowest BCUT2D eigenvalue weighted by Crippen LogP contribution is -2.36. The molecule has 1 saturated carbocycles. The first-order valence-electron chi connectivity index (χ1n) is 6.90. The number of benzene rings is 1. The van der Waals surface area contributed by atoms with Gasteiger partial charge in [0.2, 0.25) is 11.8 Å². The molecule has 0 aromatic heterocycles. The maximum atomic E-state index is 13.0. The number of hydrogen-bond donors (Lipinski definition) is 2. The highest BCUT2D eigenvalue weighted by Gasteiger charge is 2.37. The molecule has 1 aromatic rings. The highest BCUT2D eigenvalue weighted by atomic mass is 19.3. The number of carbonyl (C=O) groups excluding carboxylic acids is 1. The zero-order valence-corrected chi connectivity index (χ0v) is 11.2. The van der Waals surface area contributed by atoms with Crippen LogP contribution in [0.3, 0.4) is 0 Å². The summed E-state index contributed by atoms with van der Waals surface area (Å²) in [5.41, 5.74) is 1.01. The fourth-order valence-electron chi connectivity index (χ4n) is 2.44. The normalized spacial score (nSPS) is 18.7. The van der Waals surface area contributed by atoms with E-state index < -0.39 is 5.92 Å². The number of alkyl halides is 2. The van der Waals surface area contributed by atoms with Crippen molar-refractivity contribution in [3.8, 4) is 5.75 Å². The van der Waals surface area contributed by atoms with Gasteiger partial charge in [0.25, 0.3) is 0 Å². The molecule has 1 aliphatic carbocycles. The molecule has 1 amide bonds. The van der Waals surface area contributed by atoms with Crippen LogP contribution in [0.25, 0.3) is 0 Å². The molecule has 0 unspecified atom stereocenters. The molecular formula is C15H19F2NO2. The van der Waals surface area contributed by atoms with E-state index >= 15 is 0 Å². The summed E-state index contributed by atoms with van der Waals surface area (Å²) in [7, 11) is 0. The number of phenolic OH excluding ortho intramolecular Hbond substituents is 1. The molecule has 1 aromatic carbocycles. The molecule has 110 valence electrons. The molecule has 0 bridgehead atoms. The Morgan fingerprint density at radius 3 is 2.45 bits per heavy atom. The molecule has 20 heavy (non-hydrogen) atoms. The molecule has 0 aliphatic heterocycles. The topological polar surface area (TPSA) is 49.3 Å². The first kappa shape index (κ1) is 14.8. The smallest absolute Gasteiger partial charge is 0.248 e. The van der Waals surface area contributed by atoms with Crippen molar-refractivity contribution in [1.29, 1.82) is 0 Å². The van der Waals surface area contributed by atoms with Crippen LogP contribution in [-0.2, 0) is 11.2 Å². The van der Waals surface area contributed by atoms with Crippen molar-refractivity contribution >= 4 is 5.91 Å². The number of hydrogen-bond acceptors (Lipinski definition) is 2. The Balaban J connectivity index is 1.71. The number of nitrogens with one attached hydrogen (secondary N) is 1. The summed E-state index contributed by atoms with van der Waals surface area (Å²) in [6, 6.07) is 6.78. The molecule has 2 rings (SSSR count). The second-order valence-electron chi connectivity index (χ2n) is 5.34. The van der Waals surface area contributed by atoms with Crippen molar-refractivity contribution in [2.24, 2.45) is 5.92 Å². The SMILES string of the molecule is O=C(NCCc1ccc(O)cc1)C1CCC(F)(F)CC1. The van der Waals surface area contributed by atoms with E-state index in [1.165, 1.54) is 0 Å². The minimum Gasteiger partial charge on any atom is -0.508 e. The van der Waals surface area contributed by atoms with Crippen LogP contribution in [0.15, 0.2) is 24.3 Å². The fourth-order valence-corrected chi connectivity index (χ4v) is 2.44. The average Bonchev–Trinajstić information content (AvgIpc) is 2.41. The van der Waals surface area contributed by atoms with Gasteiger partial charge in [0.1, 0.15) is 5.75 Å². The van der Waals surface area contributed by atoms with Gasteiger partial charge >= 0.3 is 0 Å². The van der Waals surface area contributed by atoms with E-state index in [4.69, 9.17) is 5.11 Å². The van der Waals surface area contributed by atoms with Gasteiger partial charge in [0.15, 0.2) is 0 Å². The summed E-state index contributed by atoms with van der Waals surface area (Å²) in [4.78, 5) is 11.9. The molecule has 5 heteroatoms. The Morgan fingerprint density at radius 1 is 1.25 bits per heavy atom. The van der Waals surface area contributed by atoms with Crippen molar-refractivity contribution in [2.75, 3.05) is 6.54 Å². The van der Waals surface area contributed by atoms with E-state index in [1.54, 1.807) is 24.3 Å². The zero-order chi connectivity index (χ0) is 14.6. The number of carbonyl (C=O) groups is 1. The molecule has 0 radical (unpaired) electrons. The van der Waals surface area contributed by atoms with E-state index in [0.717, 1.165) is 5.56 Å². The molecule has 0 atom stereocenters. The maximum absolute atomic E-state index is 13.0. The molecule has 3 nitrogen and oxygen atoms in total. The van der Waals surface area contributed by atoms with E-state index in [2.05, 4.69) is 5.32 Å². The van der Waals surface area contributed by atoms with Gasteiger partial charge in [-0.15, -0.1) is 0 Å². The number of phenols is 1. The number of aromatic hydroxyl groups is 1. The van der Waals surface area contributed by atoms with Crippen molar-refractivity contribution in [1.82, 2.24) is 5.32 Å². The molecule has 0 saturated heterocycles. The van der Waals surface area contributed by atoms with Crippen LogP contribution in [0.1, 0.15) is 31.2 Å².